The molecule has 1 aromatic carbocycles. The smallest absolute Gasteiger partial charge is 0.331 e. The first-order valence-corrected chi connectivity index (χ1v) is 6.19. The van der Waals surface area contributed by atoms with E-state index in [1.165, 1.54) is 29.5 Å². The Morgan fingerprint density at radius 2 is 2.17 bits per heavy atom. The summed E-state index contributed by atoms with van der Waals surface area (Å²) in [6.45, 7) is 1.91. The van der Waals surface area contributed by atoms with Crippen molar-refractivity contribution in [1.29, 1.82) is 0 Å². The highest BCUT2D eigenvalue weighted by atomic mass is 32.1. The molecule has 18 heavy (non-hydrogen) atoms. The summed E-state index contributed by atoms with van der Waals surface area (Å²) in [5, 5.41) is 12.0. The number of thiophene rings is 1. The van der Waals surface area contributed by atoms with Gasteiger partial charge in [0.1, 0.15) is 5.82 Å². The van der Waals surface area contributed by atoms with E-state index in [2.05, 4.69) is 5.32 Å². The SMILES string of the molecule is Cc1ccc(C(Nc2cccc(F)c2)C(=O)O)s1. The Labute approximate surface area is 108 Å². The van der Waals surface area contributed by atoms with E-state index in [-0.39, 0.29) is 0 Å². The average molecular weight is 265 g/mol. The van der Waals surface area contributed by atoms with Crippen LogP contribution in [0.25, 0.3) is 0 Å². The number of carboxylic acid groups (broad SMARTS) is 1. The third-order valence-electron chi connectivity index (χ3n) is 2.43. The summed E-state index contributed by atoms with van der Waals surface area (Å²) in [6.07, 6.45) is 0. The first kappa shape index (κ1) is 12.6. The topological polar surface area (TPSA) is 49.3 Å². The number of hydrogen-bond acceptors (Lipinski definition) is 3. The molecule has 1 heterocycles. The molecule has 2 rings (SSSR count). The number of carbonyl (C=O) groups is 1. The highest BCUT2D eigenvalue weighted by molar-refractivity contribution is 7.12. The number of aryl methyl sites for hydroxylation is 1. The number of rotatable bonds is 4. The second-order valence-corrected chi connectivity index (χ2v) is 5.19. The van der Waals surface area contributed by atoms with Crippen molar-refractivity contribution < 1.29 is 14.3 Å². The zero-order valence-corrected chi connectivity index (χ0v) is 10.5. The predicted octanol–water partition coefficient (Wildman–Crippen LogP) is 3.43. The molecule has 0 saturated heterocycles. The van der Waals surface area contributed by atoms with Crippen molar-refractivity contribution in [2.75, 3.05) is 5.32 Å². The lowest BCUT2D eigenvalue weighted by atomic mass is 10.2. The molecule has 0 saturated carbocycles. The summed E-state index contributed by atoms with van der Waals surface area (Å²) in [4.78, 5) is 13.0. The number of aliphatic carboxylic acids is 1. The van der Waals surface area contributed by atoms with E-state index in [4.69, 9.17) is 0 Å². The highest BCUT2D eigenvalue weighted by Crippen LogP contribution is 2.26. The van der Waals surface area contributed by atoms with E-state index in [1.807, 2.05) is 13.0 Å². The fraction of sp³-hybridized carbons (Fsp3) is 0.154. The zero-order valence-electron chi connectivity index (χ0n) is 9.68. The minimum Gasteiger partial charge on any atom is -0.479 e. The number of benzene rings is 1. The molecular weight excluding hydrogens is 253 g/mol. The average Bonchev–Trinajstić information content (AvgIpc) is 2.72. The molecule has 1 atom stereocenters. The summed E-state index contributed by atoms with van der Waals surface area (Å²) in [7, 11) is 0. The Morgan fingerprint density at radius 1 is 1.39 bits per heavy atom. The van der Waals surface area contributed by atoms with E-state index >= 15 is 0 Å². The van der Waals surface area contributed by atoms with Gasteiger partial charge in [0, 0.05) is 15.4 Å². The fourth-order valence-electron chi connectivity index (χ4n) is 1.61. The Morgan fingerprint density at radius 3 is 2.72 bits per heavy atom. The van der Waals surface area contributed by atoms with Gasteiger partial charge in [-0.05, 0) is 37.3 Å². The molecule has 3 nitrogen and oxygen atoms in total. The number of halogens is 1. The Kier molecular flexibility index (Phi) is 3.62. The Hall–Kier alpha value is -1.88. The van der Waals surface area contributed by atoms with Gasteiger partial charge in [-0.1, -0.05) is 6.07 Å². The maximum Gasteiger partial charge on any atom is 0.331 e. The van der Waals surface area contributed by atoms with Gasteiger partial charge in [-0.15, -0.1) is 11.3 Å². The molecule has 0 fully saturated rings. The molecule has 5 heteroatoms. The van der Waals surface area contributed by atoms with Gasteiger partial charge in [-0.3, -0.25) is 0 Å². The van der Waals surface area contributed by atoms with Crippen molar-refractivity contribution in [1.82, 2.24) is 0 Å². The van der Waals surface area contributed by atoms with Crippen LogP contribution in [0.15, 0.2) is 36.4 Å². The van der Waals surface area contributed by atoms with Gasteiger partial charge in [-0.2, -0.15) is 0 Å². The van der Waals surface area contributed by atoms with Crippen LogP contribution in [0.4, 0.5) is 10.1 Å². The van der Waals surface area contributed by atoms with Crippen molar-refractivity contribution in [2.24, 2.45) is 0 Å². The van der Waals surface area contributed by atoms with Gasteiger partial charge >= 0.3 is 5.97 Å². The van der Waals surface area contributed by atoms with Gasteiger partial charge in [-0.25, -0.2) is 9.18 Å². The number of nitrogens with one attached hydrogen (secondary N) is 1. The molecule has 1 unspecified atom stereocenters. The van der Waals surface area contributed by atoms with Crippen molar-refractivity contribution in [3.63, 3.8) is 0 Å². The van der Waals surface area contributed by atoms with E-state index < -0.39 is 17.8 Å². The highest BCUT2D eigenvalue weighted by Gasteiger charge is 2.21. The lowest BCUT2D eigenvalue weighted by molar-refractivity contribution is -0.138. The van der Waals surface area contributed by atoms with Crippen molar-refractivity contribution >= 4 is 23.0 Å². The monoisotopic (exact) mass is 265 g/mol. The maximum atomic E-state index is 13.0. The van der Waals surface area contributed by atoms with Crippen LogP contribution in [0.1, 0.15) is 15.8 Å². The lowest BCUT2D eigenvalue weighted by Crippen LogP contribution is -2.19. The molecule has 0 aliphatic heterocycles. The molecule has 2 aromatic rings. The van der Waals surface area contributed by atoms with Gasteiger partial charge in [0.25, 0.3) is 0 Å². The van der Waals surface area contributed by atoms with Gasteiger partial charge in [0.15, 0.2) is 6.04 Å². The summed E-state index contributed by atoms with van der Waals surface area (Å²) < 4.78 is 13.0. The molecule has 94 valence electrons. The van der Waals surface area contributed by atoms with Crippen LogP contribution in [-0.4, -0.2) is 11.1 Å². The first-order chi connectivity index (χ1) is 8.56. The number of hydrogen-bond donors (Lipinski definition) is 2. The third-order valence-corrected chi connectivity index (χ3v) is 3.49. The lowest BCUT2D eigenvalue weighted by Gasteiger charge is -2.14. The zero-order chi connectivity index (χ0) is 13.1. The molecule has 0 bridgehead atoms. The first-order valence-electron chi connectivity index (χ1n) is 5.37. The third kappa shape index (κ3) is 2.87. The Bertz CT molecular complexity index is 568. The Balaban J connectivity index is 2.24. The molecule has 0 radical (unpaired) electrons. The van der Waals surface area contributed by atoms with Crippen LogP contribution in [0, 0.1) is 12.7 Å². The molecule has 0 amide bonds. The summed E-state index contributed by atoms with van der Waals surface area (Å²) in [5.74, 6) is -1.38. The molecule has 0 aliphatic carbocycles. The minimum atomic E-state index is -0.985. The van der Waals surface area contributed by atoms with Crippen molar-refractivity contribution in [2.45, 2.75) is 13.0 Å². The second-order valence-electron chi connectivity index (χ2n) is 3.87. The van der Waals surface area contributed by atoms with E-state index in [1.54, 1.807) is 12.1 Å². The molecule has 1 aromatic heterocycles. The molecule has 0 spiro atoms. The van der Waals surface area contributed by atoms with E-state index in [0.29, 0.717) is 10.6 Å². The second kappa shape index (κ2) is 5.18. The standard InChI is InChI=1S/C13H12FNO2S/c1-8-5-6-11(18-8)12(13(16)17)15-10-4-2-3-9(14)7-10/h2-7,12,15H,1H3,(H,16,17). The van der Waals surface area contributed by atoms with Crippen LogP contribution in [0.5, 0.6) is 0 Å². The predicted molar refractivity (Wildman–Crippen MR) is 69.5 cm³/mol. The van der Waals surface area contributed by atoms with Crippen molar-refractivity contribution in [3.8, 4) is 0 Å². The normalized spacial score (nSPS) is 12.1. The largest absolute Gasteiger partial charge is 0.479 e. The summed E-state index contributed by atoms with van der Waals surface area (Å²) in [5.41, 5.74) is 0.452. The summed E-state index contributed by atoms with van der Waals surface area (Å²) >= 11 is 1.41. The molecular formula is C13H12FNO2S. The van der Waals surface area contributed by atoms with Gasteiger partial charge < -0.3 is 10.4 Å². The summed E-state index contributed by atoms with van der Waals surface area (Å²) in [6, 6.07) is 8.54. The quantitative estimate of drug-likeness (QED) is 0.890. The van der Waals surface area contributed by atoms with Crippen LogP contribution in [0.3, 0.4) is 0 Å². The molecule has 2 N–H and O–H groups in total. The van der Waals surface area contributed by atoms with Gasteiger partial charge in [0.05, 0.1) is 0 Å². The molecule has 0 aliphatic rings. The number of carboxylic acids is 1. The van der Waals surface area contributed by atoms with E-state index in [0.717, 1.165) is 4.88 Å². The number of anilines is 1. The fourth-order valence-corrected chi connectivity index (χ4v) is 2.53. The van der Waals surface area contributed by atoms with Gasteiger partial charge in [0.2, 0.25) is 0 Å². The van der Waals surface area contributed by atoms with Crippen molar-refractivity contribution in [3.05, 3.63) is 52.0 Å². The van der Waals surface area contributed by atoms with Crippen LogP contribution in [-0.2, 0) is 4.79 Å². The van der Waals surface area contributed by atoms with Crippen LogP contribution < -0.4 is 5.32 Å². The van der Waals surface area contributed by atoms with E-state index in [9.17, 15) is 14.3 Å². The van der Waals surface area contributed by atoms with Crippen LogP contribution in [0.2, 0.25) is 0 Å². The maximum absolute atomic E-state index is 13.0. The van der Waals surface area contributed by atoms with Crippen LogP contribution >= 0.6 is 11.3 Å². The minimum absolute atomic E-state index is 0.397.